The number of aromatic hydroxyl groups is 1. The second kappa shape index (κ2) is 5.87. The number of ether oxygens (including phenoxy) is 1. The van der Waals surface area contributed by atoms with Gasteiger partial charge in [0.05, 0.1) is 12.0 Å². The van der Waals surface area contributed by atoms with Gasteiger partial charge in [0.2, 0.25) is 10.0 Å². The van der Waals surface area contributed by atoms with Gasteiger partial charge in [-0.3, -0.25) is 0 Å². The van der Waals surface area contributed by atoms with Crippen molar-refractivity contribution in [1.82, 2.24) is 4.31 Å². The summed E-state index contributed by atoms with van der Waals surface area (Å²) in [7, 11) is -2.53. The molecule has 1 aliphatic rings. The molecular formula is C14H17NO5S. The first kappa shape index (κ1) is 15.5. The van der Waals surface area contributed by atoms with Crippen molar-refractivity contribution in [2.45, 2.75) is 18.2 Å². The van der Waals surface area contributed by atoms with Crippen LogP contribution in [0, 0.1) is 0 Å². The van der Waals surface area contributed by atoms with E-state index in [4.69, 9.17) is 0 Å². The number of benzene rings is 1. The van der Waals surface area contributed by atoms with Crippen molar-refractivity contribution in [3.8, 4) is 5.75 Å². The molecule has 114 valence electrons. The predicted octanol–water partition coefficient (Wildman–Crippen LogP) is 1.52. The molecule has 0 atom stereocenters. The standard InChI is InChI=1S/C14H17NO5S/c1-10-4-3-7-15(9-10)21(18,19)11-5-6-13(16)12(8-11)14(17)20-2/h4-6,8,16H,3,7,9H2,1-2H3. The number of methoxy groups -OCH3 is 1. The second-order valence-electron chi connectivity index (χ2n) is 4.85. The topological polar surface area (TPSA) is 83.9 Å². The third-order valence-corrected chi connectivity index (χ3v) is 5.15. The van der Waals surface area contributed by atoms with Crippen LogP contribution in [0.4, 0.5) is 0 Å². The number of esters is 1. The largest absolute Gasteiger partial charge is 0.507 e. The molecule has 0 radical (unpaired) electrons. The Morgan fingerprint density at radius 3 is 2.71 bits per heavy atom. The lowest BCUT2D eigenvalue weighted by Crippen LogP contribution is -2.35. The smallest absolute Gasteiger partial charge is 0.341 e. The minimum atomic E-state index is -3.70. The van der Waals surface area contributed by atoms with Gasteiger partial charge in [0.1, 0.15) is 11.3 Å². The molecule has 2 rings (SSSR count). The van der Waals surface area contributed by atoms with Crippen molar-refractivity contribution in [2.24, 2.45) is 0 Å². The van der Waals surface area contributed by atoms with Crippen LogP contribution >= 0.6 is 0 Å². The first-order chi connectivity index (χ1) is 9.86. The zero-order valence-electron chi connectivity index (χ0n) is 11.9. The van der Waals surface area contributed by atoms with Gasteiger partial charge in [0.15, 0.2) is 0 Å². The molecule has 0 bridgehead atoms. The van der Waals surface area contributed by atoms with Gasteiger partial charge in [0.25, 0.3) is 0 Å². The van der Waals surface area contributed by atoms with Gasteiger partial charge in [-0.15, -0.1) is 0 Å². The second-order valence-corrected chi connectivity index (χ2v) is 6.79. The van der Waals surface area contributed by atoms with E-state index in [1.807, 2.05) is 13.0 Å². The lowest BCUT2D eigenvalue weighted by molar-refractivity contribution is 0.0597. The number of hydrogen-bond donors (Lipinski definition) is 1. The average molecular weight is 311 g/mol. The molecule has 1 heterocycles. The molecule has 1 aromatic rings. The summed E-state index contributed by atoms with van der Waals surface area (Å²) in [6.45, 7) is 2.60. The van der Waals surface area contributed by atoms with Crippen molar-refractivity contribution in [3.63, 3.8) is 0 Å². The fourth-order valence-electron chi connectivity index (χ4n) is 2.18. The van der Waals surface area contributed by atoms with E-state index in [0.717, 1.165) is 11.6 Å². The first-order valence-corrected chi connectivity index (χ1v) is 7.87. The van der Waals surface area contributed by atoms with Crippen LogP contribution in [0.25, 0.3) is 0 Å². The summed E-state index contributed by atoms with van der Waals surface area (Å²) in [5.41, 5.74) is 0.819. The summed E-state index contributed by atoms with van der Waals surface area (Å²) in [6.07, 6.45) is 2.66. The highest BCUT2D eigenvalue weighted by molar-refractivity contribution is 7.89. The van der Waals surface area contributed by atoms with Crippen molar-refractivity contribution >= 4 is 16.0 Å². The highest BCUT2D eigenvalue weighted by Gasteiger charge is 2.27. The van der Waals surface area contributed by atoms with E-state index < -0.39 is 16.0 Å². The van der Waals surface area contributed by atoms with E-state index in [1.165, 1.54) is 23.5 Å². The van der Waals surface area contributed by atoms with Crippen LogP contribution in [-0.2, 0) is 14.8 Å². The zero-order chi connectivity index (χ0) is 15.6. The van der Waals surface area contributed by atoms with E-state index in [-0.39, 0.29) is 16.2 Å². The van der Waals surface area contributed by atoms with Crippen molar-refractivity contribution in [1.29, 1.82) is 0 Å². The van der Waals surface area contributed by atoms with Gasteiger partial charge in [-0.25, -0.2) is 13.2 Å². The molecule has 0 saturated heterocycles. The number of nitrogens with zero attached hydrogens (tertiary/aromatic N) is 1. The van der Waals surface area contributed by atoms with Crippen LogP contribution < -0.4 is 0 Å². The third-order valence-electron chi connectivity index (χ3n) is 3.31. The first-order valence-electron chi connectivity index (χ1n) is 6.43. The van der Waals surface area contributed by atoms with E-state index in [1.54, 1.807) is 0 Å². The maximum Gasteiger partial charge on any atom is 0.341 e. The molecule has 0 saturated carbocycles. The minimum Gasteiger partial charge on any atom is -0.507 e. The number of sulfonamides is 1. The Hall–Kier alpha value is -1.86. The summed E-state index contributed by atoms with van der Waals surface area (Å²) in [5, 5.41) is 9.64. The van der Waals surface area contributed by atoms with Gasteiger partial charge in [-0.2, -0.15) is 4.31 Å². The summed E-state index contributed by atoms with van der Waals surface area (Å²) < 4.78 is 31.0. The Balaban J connectivity index is 2.41. The fourth-order valence-corrected chi connectivity index (χ4v) is 3.70. The molecular weight excluding hydrogens is 294 g/mol. The summed E-state index contributed by atoms with van der Waals surface area (Å²) >= 11 is 0. The number of carbonyl (C=O) groups excluding carboxylic acids is 1. The number of phenols is 1. The maximum absolute atomic E-state index is 12.6. The number of hydrogen-bond acceptors (Lipinski definition) is 5. The molecule has 1 N–H and O–H groups in total. The van der Waals surface area contributed by atoms with Crippen LogP contribution in [0.3, 0.4) is 0 Å². The molecule has 0 amide bonds. The Morgan fingerprint density at radius 1 is 1.38 bits per heavy atom. The molecule has 0 aliphatic carbocycles. The van der Waals surface area contributed by atoms with Crippen LogP contribution in [0.5, 0.6) is 5.75 Å². The zero-order valence-corrected chi connectivity index (χ0v) is 12.7. The molecule has 21 heavy (non-hydrogen) atoms. The summed E-state index contributed by atoms with van der Waals surface area (Å²) in [4.78, 5) is 11.5. The van der Waals surface area contributed by atoms with E-state index in [2.05, 4.69) is 4.74 Å². The lowest BCUT2D eigenvalue weighted by Gasteiger charge is -2.25. The van der Waals surface area contributed by atoms with Crippen LogP contribution in [0.2, 0.25) is 0 Å². The van der Waals surface area contributed by atoms with Gasteiger partial charge in [-0.1, -0.05) is 11.6 Å². The highest BCUT2D eigenvalue weighted by Crippen LogP contribution is 2.26. The predicted molar refractivity (Wildman–Crippen MR) is 76.6 cm³/mol. The van der Waals surface area contributed by atoms with Crippen LogP contribution in [0.1, 0.15) is 23.7 Å². The number of phenolic OH excluding ortho intramolecular Hbond substituents is 1. The Bertz CT molecular complexity index is 693. The third kappa shape index (κ3) is 3.08. The fraction of sp³-hybridized carbons (Fsp3) is 0.357. The van der Waals surface area contributed by atoms with Crippen molar-refractivity contribution in [3.05, 3.63) is 35.4 Å². The van der Waals surface area contributed by atoms with E-state index >= 15 is 0 Å². The molecule has 7 heteroatoms. The minimum absolute atomic E-state index is 0.0320. The van der Waals surface area contributed by atoms with Gasteiger partial charge < -0.3 is 9.84 Å². The molecule has 1 aromatic carbocycles. The maximum atomic E-state index is 12.6. The molecule has 0 unspecified atom stereocenters. The van der Waals surface area contributed by atoms with Crippen molar-refractivity contribution in [2.75, 3.05) is 20.2 Å². The van der Waals surface area contributed by atoms with Gasteiger partial charge in [0, 0.05) is 13.1 Å². The van der Waals surface area contributed by atoms with Gasteiger partial charge in [-0.05, 0) is 31.5 Å². The lowest BCUT2D eigenvalue weighted by atomic mass is 10.2. The van der Waals surface area contributed by atoms with Gasteiger partial charge >= 0.3 is 5.97 Å². The molecule has 0 spiro atoms. The molecule has 1 aliphatic heterocycles. The van der Waals surface area contributed by atoms with Crippen LogP contribution in [-0.4, -0.2) is 44.0 Å². The monoisotopic (exact) mass is 311 g/mol. The van der Waals surface area contributed by atoms with E-state index in [9.17, 15) is 18.3 Å². The van der Waals surface area contributed by atoms with Crippen molar-refractivity contribution < 1.29 is 23.1 Å². The molecule has 0 aromatic heterocycles. The number of carbonyl (C=O) groups is 1. The highest BCUT2D eigenvalue weighted by atomic mass is 32.2. The number of rotatable bonds is 3. The van der Waals surface area contributed by atoms with Crippen LogP contribution in [0.15, 0.2) is 34.7 Å². The molecule has 0 fully saturated rings. The quantitative estimate of drug-likeness (QED) is 0.676. The Morgan fingerprint density at radius 2 is 2.10 bits per heavy atom. The Kier molecular flexibility index (Phi) is 4.34. The summed E-state index contributed by atoms with van der Waals surface area (Å²) in [6, 6.07) is 3.61. The summed E-state index contributed by atoms with van der Waals surface area (Å²) in [5.74, 6) is -1.09. The average Bonchev–Trinajstić information content (AvgIpc) is 2.46. The molecule has 6 nitrogen and oxygen atoms in total. The normalized spacial score (nSPS) is 16.4. The SMILES string of the molecule is COC(=O)c1cc(S(=O)(=O)N2CCC=C(C)C2)ccc1O. The Labute approximate surface area is 123 Å². The van der Waals surface area contributed by atoms with E-state index in [0.29, 0.717) is 19.5 Å².